The Morgan fingerprint density at radius 2 is 2.08 bits per heavy atom. The standard InChI is InChI=1S/C19H25N3O3S/c1-12-3-4-14-15(10-20)18(26-16(14)9-12)21-17(23)11-22-7-5-13(6-8-22)19(24)25-2/h12-13H,3-9,11H2,1-2H3,(H,21,23)/t12-/m1/s1. The Bertz CT molecular complexity index is 729. The van der Waals surface area contributed by atoms with Crippen LogP contribution in [0.25, 0.3) is 0 Å². The second-order valence-corrected chi connectivity index (χ2v) is 8.39. The van der Waals surface area contributed by atoms with Gasteiger partial charge in [-0.15, -0.1) is 11.3 Å². The fourth-order valence-corrected chi connectivity index (χ4v) is 5.20. The topological polar surface area (TPSA) is 82.4 Å². The van der Waals surface area contributed by atoms with E-state index in [1.54, 1.807) is 11.3 Å². The van der Waals surface area contributed by atoms with Crippen molar-refractivity contribution in [2.45, 2.75) is 39.0 Å². The van der Waals surface area contributed by atoms with Crippen LogP contribution in [-0.4, -0.2) is 43.5 Å². The number of nitrogens with zero attached hydrogens (tertiary/aromatic N) is 2. The molecule has 3 rings (SSSR count). The van der Waals surface area contributed by atoms with Crippen LogP contribution in [0, 0.1) is 23.2 Å². The third kappa shape index (κ3) is 4.08. The van der Waals surface area contributed by atoms with Gasteiger partial charge in [-0.1, -0.05) is 6.92 Å². The van der Waals surface area contributed by atoms with Crippen molar-refractivity contribution in [2.24, 2.45) is 11.8 Å². The Balaban J connectivity index is 1.58. The molecule has 1 fully saturated rings. The van der Waals surface area contributed by atoms with E-state index in [1.165, 1.54) is 12.0 Å². The number of hydrogen-bond donors (Lipinski definition) is 1. The van der Waals surface area contributed by atoms with Crippen LogP contribution in [0.3, 0.4) is 0 Å². The van der Waals surface area contributed by atoms with Crippen LogP contribution < -0.4 is 5.32 Å². The van der Waals surface area contributed by atoms with Gasteiger partial charge in [-0.05, 0) is 56.7 Å². The highest BCUT2D eigenvalue weighted by Crippen LogP contribution is 2.39. The minimum atomic E-state index is -0.161. The lowest BCUT2D eigenvalue weighted by molar-refractivity contribution is -0.147. The van der Waals surface area contributed by atoms with E-state index in [4.69, 9.17) is 4.74 Å². The van der Waals surface area contributed by atoms with Crippen molar-refractivity contribution in [2.75, 3.05) is 32.1 Å². The molecule has 0 unspecified atom stereocenters. The lowest BCUT2D eigenvalue weighted by Crippen LogP contribution is -2.41. The molecular weight excluding hydrogens is 350 g/mol. The largest absolute Gasteiger partial charge is 0.469 e. The molecule has 0 radical (unpaired) electrons. The van der Waals surface area contributed by atoms with Gasteiger partial charge in [-0.2, -0.15) is 5.26 Å². The number of amides is 1. The number of methoxy groups -OCH3 is 1. The van der Waals surface area contributed by atoms with E-state index < -0.39 is 0 Å². The van der Waals surface area contributed by atoms with E-state index in [9.17, 15) is 14.9 Å². The molecule has 1 aliphatic heterocycles. The number of anilines is 1. The van der Waals surface area contributed by atoms with Gasteiger partial charge in [0.05, 0.1) is 25.1 Å². The van der Waals surface area contributed by atoms with E-state index in [1.807, 2.05) is 0 Å². The zero-order chi connectivity index (χ0) is 18.7. The summed E-state index contributed by atoms with van der Waals surface area (Å²) in [6.07, 6.45) is 4.45. The number of piperidine rings is 1. The Labute approximate surface area is 158 Å². The number of thiophene rings is 1. The van der Waals surface area contributed by atoms with Gasteiger partial charge in [-0.25, -0.2) is 0 Å². The van der Waals surface area contributed by atoms with Gasteiger partial charge in [0.25, 0.3) is 0 Å². The fourth-order valence-electron chi connectivity index (χ4n) is 3.82. The van der Waals surface area contributed by atoms with Gasteiger partial charge in [0.2, 0.25) is 5.91 Å². The summed E-state index contributed by atoms with van der Waals surface area (Å²) in [4.78, 5) is 27.3. The van der Waals surface area contributed by atoms with Gasteiger partial charge >= 0.3 is 5.97 Å². The number of hydrogen-bond acceptors (Lipinski definition) is 6. The van der Waals surface area contributed by atoms with Crippen molar-refractivity contribution in [3.8, 4) is 6.07 Å². The van der Waals surface area contributed by atoms with E-state index in [0.29, 0.717) is 42.4 Å². The quantitative estimate of drug-likeness (QED) is 0.818. The molecule has 1 aliphatic carbocycles. The van der Waals surface area contributed by atoms with E-state index in [0.717, 1.165) is 24.8 Å². The third-order valence-electron chi connectivity index (χ3n) is 5.37. The molecule has 1 N–H and O–H groups in total. The number of ether oxygens (including phenoxy) is 1. The Kier molecular flexibility index (Phi) is 5.94. The van der Waals surface area contributed by atoms with Gasteiger partial charge in [0, 0.05) is 4.88 Å². The maximum Gasteiger partial charge on any atom is 0.308 e. The van der Waals surface area contributed by atoms with E-state index in [2.05, 4.69) is 23.2 Å². The van der Waals surface area contributed by atoms with Crippen molar-refractivity contribution in [3.05, 3.63) is 16.0 Å². The van der Waals surface area contributed by atoms with Crippen LogP contribution in [0.2, 0.25) is 0 Å². The summed E-state index contributed by atoms with van der Waals surface area (Å²) in [5.41, 5.74) is 1.78. The van der Waals surface area contributed by atoms with Crippen molar-refractivity contribution >= 4 is 28.2 Å². The summed E-state index contributed by atoms with van der Waals surface area (Å²) in [6.45, 7) is 3.93. The van der Waals surface area contributed by atoms with Crippen LogP contribution in [-0.2, 0) is 27.2 Å². The SMILES string of the molecule is COC(=O)C1CCN(CC(=O)Nc2sc3c(c2C#N)CC[C@@H](C)C3)CC1. The number of rotatable bonds is 4. The molecule has 2 aliphatic rings. The molecular formula is C19H25N3O3S. The summed E-state index contributed by atoms with van der Waals surface area (Å²) < 4.78 is 4.79. The number of nitrogens with one attached hydrogen (secondary N) is 1. The molecule has 1 aromatic rings. The lowest BCUT2D eigenvalue weighted by Gasteiger charge is -2.29. The Hall–Kier alpha value is -1.91. The lowest BCUT2D eigenvalue weighted by atomic mass is 9.89. The highest BCUT2D eigenvalue weighted by atomic mass is 32.1. The molecule has 0 aromatic carbocycles. The minimum Gasteiger partial charge on any atom is -0.469 e. The van der Waals surface area contributed by atoms with Crippen molar-refractivity contribution < 1.29 is 14.3 Å². The number of esters is 1. The molecule has 7 heteroatoms. The molecule has 1 atom stereocenters. The molecule has 1 saturated heterocycles. The smallest absolute Gasteiger partial charge is 0.308 e. The van der Waals surface area contributed by atoms with Gasteiger partial charge in [0.1, 0.15) is 11.1 Å². The molecule has 140 valence electrons. The molecule has 1 aromatic heterocycles. The number of likely N-dealkylation sites (tertiary alicyclic amines) is 1. The van der Waals surface area contributed by atoms with Crippen LogP contribution >= 0.6 is 11.3 Å². The molecule has 6 nitrogen and oxygen atoms in total. The first-order valence-corrected chi connectivity index (χ1v) is 9.98. The maximum atomic E-state index is 12.5. The molecule has 0 spiro atoms. The number of carbonyl (C=O) groups is 2. The van der Waals surface area contributed by atoms with Gasteiger partial charge < -0.3 is 10.1 Å². The number of carbonyl (C=O) groups excluding carboxylic acids is 2. The zero-order valence-corrected chi connectivity index (χ0v) is 16.2. The molecule has 0 saturated carbocycles. The van der Waals surface area contributed by atoms with E-state index in [-0.39, 0.29) is 24.3 Å². The maximum absolute atomic E-state index is 12.5. The van der Waals surface area contributed by atoms with Crippen LogP contribution in [0.5, 0.6) is 0 Å². The third-order valence-corrected chi connectivity index (χ3v) is 6.54. The zero-order valence-electron chi connectivity index (χ0n) is 15.3. The number of fused-ring (bicyclic) bond motifs is 1. The highest BCUT2D eigenvalue weighted by Gasteiger charge is 2.28. The van der Waals surface area contributed by atoms with E-state index >= 15 is 0 Å². The van der Waals surface area contributed by atoms with Crippen LogP contribution in [0.4, 0.5) is 5.00 Å². The summed E-state index contributed by atoms with van der Waals surface area (Å²) in [5, 5.41) is 13.2. The summed E-state index contributed by atoms with van der Waals surface area (Å²) in [7, 11) is 1.41. The van der Waals surface area contributed by atoms with Crippen molar-refractivity contribution in [3.63, 3.8) is 0 Å². The van der Waals surface area contributed by atoms with Gasteiger partial charge in [-0.3, -0.25) is 14.5 Å². The fraction of sp³-hybridized carbons (Fsp3) is 0.632. The Morgan fingerprint density at radius 1 is 1.35 bits per heavy atom. The van der Waals surface area contributed by atoms with Crippen LogP contribution in [0.1, 0.15) is 42.2 Å². The average molecular weight is 375 g/mol. The summed E-state index contributed by atoms with van der Waals surface area (Å²) in [6, 6.07) is 2.28. The highest BCUT2D eigenvalue weighted by molar-refractivity contribution is 7.16. The molecule has 26 heavy (non-hydrogen) atoms. The molecule has 2 heterocycles. The summed E-state index contributed by atoms with van der Waals surface area (Å²) in [5.74, 6) is 0.318. The first-order chi connectivity index (χ1) is 12.5. The average Bonchev–Trinajstić information content (AvgIpc) is 2.97. The second kappa shape index (κ2) is 8.19. The summed E-state index contributed by atoms with van der Waals surface area (Å²) >= 11 is 1.55. The number of nitriles is 1. The normalized spacial score (nSPS) is 20.9. The second-order valence-electron chi connectivity index (χ2n) is 7.29. The van der Waals surface area contributed by atoms with Crippen molar-refractivity contribution in [1.29, 1.82) is 5.26 Å². The van der Waals surface area contributed by atoms with Crippen LogP contribution in [0.15, 0.2) is 0 Å². The first-order valence-electron chi connectivity index (χ1n) is 9.16. The molecule has 0 bridgehead atoms. The van der Waals surface area contributed by atoms with Gasteiger partial charge in [0.15, 0.2) is 0 Å². The minimum absolute atomic E-state index is 0.0597. The monoisotopic (exact) mass is 375 g/mol. The predicted octanol–water partition coefficient (Wildman–Crippen LogP) is 2.57. The predicted molar refractivity (Wildman–Crippen MR) is 100 cm³/mol. The first kappa shape index (κ1) is 18.9. The molecule has 1 amide bonds. The van der Waals surface area contributed by atoms with Crippen molar-refractivity contribution in [1.82, 2.24) is 4.90 Å². The Morgan fingerprint density at radius 3 is 2.73 bits per heavy atom.